The highest BCUT2D eigenvalue weighted by Gasteiger charge is 2.63. The van der Waals surface area contributed by atoms with Gasteiger partial charge >= 0.3 is 0 Å². The first-order valence-electron chi connectivity index (χ1n) is 6.67. The average Bonchev–Trinajstić information content (AvgIpc) is 2.76. The molecule has 3 rings (SSSR count). The number of halogens is 4. The lowest BCUT2D eigenvalue weighted by molar-refractivity contribution is -0.121. The molecule has 0 saturated carbocycles. The van der Waals surface area contributed by atoms with Crippen molar-refractivity contribution in [3.63, 3.8) is 0 Å². The molecule has 5 heteroatoms. The van der Waals surface area contributed by atoms with Gasteiger partial charge in [0.05, 0.1) is 25.5 Å². The molecule has 1 aromatic carbocycles. The molecule has 112 valence electrons. The van der Waals surface area contributed by atoms with Gasteiger partial charge in [-0.3, -0.25) is 4.79 Å². The van der Waals surface area contributed by atoms with Crippen molar-refractivity contribution in [3.8, 4) is 0 Å². The Morgan fingerprint density at radius 3 is 2.00 bits per heavy atom. The van der Waals surface area contributed by atoms with E-state index in [9.17, 15) is 4.79 Å². The lowest BCUT2D eigenvalue weighted by Gasteiger charge is -2.36. The van der Waals surface area contributed by atoms with Gasteiger partial charge in [0, 0.05) is 5.41 Å². The number of hydrogen-bond acceptors (Lipinski definition) is 1. The summed E-state index contributed by atoms with van der Waals surface area (Å²) in [5.41, 5.74) is 2.42. The van der Waals surface area contributed by atoms with Crippen LogP contribution in [-0.2, 0) is 16.6 Å². The molecule has 0 aromatic heterocycles. The fourth-order valence-electron chi connectivity index (χ4n) is 4.00. The molecule has 2 aliphatic carbocycles. The molecule has 0 aliphatic heterocycles. The third-order valence-electron chi connectivity index (χ3n) is 5.68. The summed E-state index contributed by atoms with van der Waals surface area (Å²) in [4.78, 5) is 12.9. The third-order valence-corrected chi connectivity index (χ3v) is 7.52. The Bertz CT molecular complexity index is 749. The van der Waals surface area contributed by atoms with Gasteiger partial charge < -0.3 is 0 Å². The monoisotopic (exact) mass is 362 g/mol. The molecule has 0 N–H and O–H groups in total. The Balaban J connectivity index is 2.44. The van der Waals surface area contributed by atoms with Crippen molar-refractivity contribution < 1.29 is 4.79 Å². The van der Waals surface area contributed by atoms with Crippen LogP contribution in [0.2, 0.25) is 20.1 Å². The molecule has 0 radical (unpaired) electrons. The number of fused-ring (bicyclic) bond motifs is 3. The molecule has 2 aliphatic rings. The van der Waals surface area contributed by atoms with Crippen LogP contribution in [0.1, 0.15) is 38.8 Å². The number of Topliss-reactive ketones (excluding diaryl/α,β-unsaturated/α-hetero) is 1. The van der Waals surface area contributed by atoms with E-state index in [1.54, 1.807) is 0 Å². The maximum atomic E-state index is 12.9. The number of rotatable bonds is 0. The second-order valence-electron chi connectivity index (χ2n) is 6.32. The Morgan fingerprint density at radius 2 is 1.43 bits per heavy atom. The van der Waals surface area contributed by atoms with Gasteiger partial charge in [0.15, 0.2) is 5.78 Å². The highest BCUT2D eigenvalue weighted by Crippen LogP contribution is 2.65. The van der Waals surface area contributed by atoms with E-state index in [1.807, 2.05) is 20.8 Å². The number of benzene rings is 1. The molecular weight excluding hydrogens is 350 g/mol. The van der Waals surface area contributed by atoms with Gasteiger partial charge in [-0.2, -0.15) is 0 Å². The first kappa shape index (κ1) is 15.7. The SMILES string of the molecule is CC1=C(C)C2(C)Cc3c(Cl)c(Cl)c(Cl)c(Cl)c3C2(C)C1=O. The molecular formula is C16H14Cl4O. The first-order valence-corrected chi connectivity index (χ1v) is 8.18. The number of carbonyl (C=O) groups is 1. The van der Waals surface area contributed by atoms with Crippen LogP contribution in [0.4, 0.5) is 0 Å². The van der Waals surface area contributed by atoms with Crippen LogP contribution in [0.25, 0.3) is 0 Å². The summed E-state index contributed by atoms with van der Waals surface area (Å²) < 4.78 is 0. The van der Waals surface area contributed by atoms with E-state index in [2.05, 4.69) is 6.92 Å². The largest absolute Gasteiger partial charge is 0.294 e. The fourth-order valence-corrected chi connectivity index (χ4v) is 5.15. The first-order chi connectivity index (χ1) is 9.59. The third kappa shape index (κ3) is 1.54. The number of allylic oxidation sites excluding steroid dienone is 2. The van der Waals surface area contributed by atoms with Crippen LogP contribution < -0.4 is 0 Å². The van der Waals surface area contributed by atoms with Crippen molar-refractivity contribution >= 4 is 52.2 Å². The van der Waals surface area contributed by atoms with Gasteiger partial charge in [0.1, 0.15) is 0 Å². The summed E-state index contributed by atoms with van der Waals surface area (Å²) in [5, 5.41) is 1.25. The van der Waals surface area contributed by atoms with E-state index < -0.39 is 5.41 Å². The molecule has 0 saturated heterocycles. The summed E-state index contributed by atoms with van der Waals surface area (Å²) in [6.45, 7) is 7.91. The molecule has 0 heterocycles. The van der Waals surface area contributed by atoms with Gasteiger partial charge in [-0.1, -0.05) is 58.9 Å². The van der Waals surface area contributed by atoms with Crippen LogP contribution in [0.15, 0.2) is 11.1 Å². The van der Waals surface area contributed by atoms with Gasteiger partial charge in [0.25, 0.3) is 0 Å². The van der Waals surface area contributed by atoms with Crippen molar-refractivity contribution in [2.24, 2.45) is 5.41 Å². The minimum atomic E-state index is -0.731. The maximum absolute atomic E-state index is 12.9. The second-order valence-corrected chi connectivity index (χ2v) is 7.83. The second kappa shape index (κ2) is 4.41. The summed E-state index contributed by atoms with van der Waals surface area (Å²) in [6, 6.07) is 0. The predicted octanol–water partition coefficient (Wildman–Crippen LogP) is 6.04. The van der Waals surface area contributed by atoms with Gasteiger partial charge in [-0.05, 0) is 43.9 Å². The van der Waals surface area contributed by atoms with E-state index in [4.69, 9.17) is 46.4 Å². The van der Waals surface area contributed by atoms with Crippen LogP contribution in [0.3, 0.4) is 0 Å². The molecule has 21 heavy (non-hydrogen) atoms. The van der Waals surface area contributed by atoms with Crippen molar-refractivity contribution in [3.05, 3.63) is 42.4 Å². The molecule has 1 nitrogen and oxygen atoms in total. The van der Waals surface area contributed by atoms with Gasteiger partial charge in [0.2, 0.25) is 0 Å². The minimum Gasteiger partial charge on any atom is -0.294 e. The van der Waals surface area contributed by atoms with Crippen LogP contribution in [-0.4, -0.2) is 5.78 Å². The summed E-state index contributed by atoms with van der Waals surface area (Å²) >= 11 is 25.2. The Kier molecular flexibility index (Phi) is 3.29. The molecule has 2 unspecified atom stereocenters. The molecule has 0 bridgehead atoms. The number of carbonyl (C=O) groups excluding carboxylic acids is 1. The lowest BCUT2D eigenvalue weighted by Crippen LogP contribution is -2.40. The average molecular weight is 364 g/mol. The standard InChI is InChI=1S/C16H14Cl4O/c1-6-7(2)15(3)5-8-9(16(15,4)14(6)21)11(18)13(20)12(19)10(8)17/h5H2,1-4H3. The van der Waals surface area contributed by atoms with Crippen molar-refractivity contribution in [1.82, 2.24) is 0 Å². The summed E-state index contributed by atoms with van der Waals surface area (Å²) in [7, 11) is 0. The van der Waals surface area contributed by atoms with E-state index >= 15 is 0 Å². The minimum absolute atomic E-state index is 0.0950. The lowest BCUT2D eigenvalue weighted by atomic mass is 9.65. The molecule has 0 spiro atoms. The molecule has 1 aromatic rings. The zero-order valence-electron chi connectivity index (χ0n) is 12.1. The highest BCUT2D eigenvalue weighted by molar-refractivity contribution is 6.52. The van der Waals surface area contributed by atoms with E-state index in [-0.39, 0.29) is 21.2 Å². The topological polar surface area (TPSA) is 17.1 Å². The quantitative estimate of drug-likeness (QED) is 0.405. The van der Waals surface area contributed by atoms with Crippen molar-refractivity contribution in [2.45, 2.75) is 39.5 Å². The smallest absolute Gasteiger partial charge is 0.169 e. The molecule has 0 fully saturated rings. The predicted molar refractivity (Wildman–Crippen MR) is 89.0 cm³/mol. The highest BCUT2D eigenvalue weighted by atomic mass is 35.5. The zero-order valence-corrected chi connectivity index (χ0v) is 15.2. The molecule has 2 atom stereocenters. The van der Waals surface area contributed by atoms with Gasteiger partial charge in [-0.25, -0.2) is 0 Å². The summed E-state index contributed by atoms with van der Waals surface area (Å²) in [6.07, 6.45) is 0.642. The number of hydrogen-bond donors (Lipinski definition) is 0. The zero-order chi connectivity index (χ0) is 15.9. The van der Waals surface area contributed by atoms with Crippen LogP contribution >= 0.6 is 46.4 Å². The van der Waals surface area contributed by atoms with Crippen molar-refractivity contribution in [1.29, 1.82) is 0 Å². The summed E-state index contributed by atoms with van der Waals surface area (Å²) in [5.74, 6) is 0.0950. The Morgan fingerprint density at radius 1 is 0.905 bits per heavy atom. The van der Waals surface area contributed by atoms with E-state index in [1.165, 1.54) is 0 Å². The van der Waals surface area contributed by atoms with Crippen LogP contribution in [0.5, 0.6) is 0 Å². The fraction of sp³-hybridized carbons (Fsp3) is 0.438. The number of ketones is 1. The van der Waals surface area contributed by atoms with Gasteiger partial charge in [-0.15, -0.1) is 0 Å². The van der Waals surface area contributed by atoms with Crippen LogP contribution in [0, 0.1) is 5.41 Å². The maximum Gasteiger partial charge on any atom is 0.169 e. The normalized spacial score (nSPS) is 31.0. The van der Waals surface area contributed by atoms with Crippen molar-refractivity contribution in [2.75, 3.05) is 0 Å². The van der Waals surface area contributed by atoms with E-state index in [0.717, 1.165) is 22.3 Å². The van der Waals surface area contributed by atoms with E-state index in [0.29, 0.717) is 16.5 Å². The Labute approximate surface area is 144 Å². The molecule has 0 amide bonds. The Hall–Kier alpha value is -0.210.